The number of nitriles is 1. The highest BCUT2D eigenvalue weighted by Gasteiger charge is 2.72. The first kappa shape index (κ1) is 13.8. The Kier molecular flexibility index (Phi) is 3.02. The number of ether oxygens (including phenoxy) is 1. The summed E-state index contributed by atoms with van der Waals surface area (Å²) in [7, 11) is 0. The number of benzene rings is 1. The molecule has 0 unspecified atom stereocenters. The normalized spacial score (nSPS) is 31.3. The van der Waals surface area contributed by atoms with E-state index in [2.05, 4.69) is 11.4 Å². The third-order valence-corrected chi connectivity index (χ3v) is 5.80. The van der Waals surface area contributed by atoms with Crippen LogP contribution in [0.2, 0.25) is 0 Å². The van der Waals surface area contributed by atoms with Gasteiger partial charge in [-0.3, -0.25) is 4.79 Å². The van der Waals surface area contributed by atoms with E-state index < -0.39 is 5.41 Å². The second-order valence-electron chi connectivity index (χ2n) is 6.92. The third kappa shape index (κ3) is 1.82. The lowest BCUT2D eigenvalue weighted by Gasteiger charge is -2.28. The van der Waals surface area contributed by atoms with Crippen molar-refractivity contribution in [2.45, 2.75) is 44.8 Å². The molecule has 2 fully saturated rings. The highest BCUT2D eigenvalue weighted by Crippen LogP contribution is 2.71. The minimum absolute atomic E-state index is 0.0408. The first-order chi connectivity index (χ1) is 10.7. The van der Waals surface area contributed by atoms with Gasteiger partial charge in [0.1, 0.15) is 5.41 Å². The van der Waals surface area contributed by atoms with Crippen LogP contribution in [0.15, 0.2) is 24.3 Å². The highest BCUT2D eigenvalue weighted by atomic mass is 16.5. The summed E-state index contributed by atoms with van der Waals surface area (Å²) in [6.07, 6.45) is 5.06. The van der Waals surface area contributed by atoms with Gasteiger partial charge >= 0.3 is 0 Å². The number of amides is 1. The van der Waals surface area contributed by atoms with Gasteiger partial charge in [-0.15, -0.1) is 0 Å². The summed E-state index contributed by atoms with van der Waals surface area (Å²) < 4.78 is 5.60. The van der Waals surface area contributed by atoms with Gasteiger partial charge in [-0.05, 0) is 30.4 Å². The fourth-order valence-corrected chi connectivity index (χ4v) is 4.43. The molecule has 1 spiro atoms. The average Bonchev–Trinajstić information content (AvgIpc) is 2.94. The molecule has 1 N–H and O–H groups in total. The number of carbonyl (C=O) groups is 1. The lowest BCUT2D eigenvalue weighted by molar-refractivity contribution is -0.127. The Bertz CT molecular complexity index is 657. The largest absolute Gasteiger partial charge is 0.374 e. The third-order valence-electron chi connectivity index (χ3n) is 5.80. The minimum atomic E-state index is -0.796. The number of hydrogen-bond acceptors (Lipinski definition) is 3. The van der Waals surface area contributed by atoms with E-state index in [1.165, 1.54) is 0 Å². The van der Waals surface area contributed by atoms with Crippen LogP contribution in [0, 0.1) is 22.2 Å². The number of nitrogens with zero attached hydrogens (tertiary/aromatic N) is 1. The molecule has 2 atom stereocenters. The number of fused-ring (bicyclic) bond motifs is 1. The fraction of sp³-hybridized carbons (Fsp3) is 0.556. The highest BCUT2D eigenvalue weighted by molar-refractivity contribution is 5.90. The second-order valence-corrected chi connectivity index (χ2v) is 6.92. The molecule has 1 aromatic carbocycles. The van der Waals surface area contributed by atoms with Crippen LogP contribution in [-0.2, 0) is 16.1 Å². The molecular weight excluding hydrogens is 276 g/mol. The molecule has 1 aliphatic heterocycles. The van der Waals surface area contributed by atoms with Crippen LogP contribution in [0.4, 0.5) is 0 Å². The van der Waals surface area contributed by atoms with Crippen molar-refractivity contribution in [1.82, 2.24) is 5.32 Å². The van der Waals surface area contributed by atoms with Crippen molar-refractivity contribution >= 4 is 5.91 Å². The quantitative estimate of drug-likeness (QED) is 0.912. The van der Waals surface area contributed by atoms with Crippen molar-refractivity contribution in [1.29, 1.82) is 5.26 Å². The van der Waals surface area contributed by atoms with Crippen LogP contribution < -0.4 is 5.32 Å². The van der Waals surface area contributed by atoms with Crippen molar-refractivity contribution in [3.8, 4) is 6.07 Å². The summed E-state index contributed by atoms with van der Waals surface area (Å²) >= 11 is 0. The van der Waals surface area contributed by atoms with Gasteiger partial charge in [0.05, 0.1) is 25.3 Å². The molecule has 0 aromatic heterocycles. The molecule has 2 aliphatic carbocycles. The van der Waals surface area contributed by atoms with Crippen LogP contribution in [0.1, 0.15) is 49.3 Å². The Morgan fingerprint density at radius 2 is 2.09 bits per heavy atom. The predicted octanol–water partition coefficient (Wildman–Crippen LogP) is 2.85. The molecule has 4 nitrogen and oxygen atoms in total. The zero-order valence-electron chi connectivity index (χ0n) is 12.6. The van der Waals surface area contributed by atoms with Crippen molar-refractivity contribution < 1.29 is 9.53 Å². The maximum atomic E-state index is 12.8. The van der Waals surface area contributed by atoms with E-state index in [4.69, 9.17) is 4.74 Å². The lowest BCUT2D eigenvalue weighted by atomic mass is 9.90. The predicted molar refractivity (Wildman–Crippen MR) is 80.5 cm³/mol. The first-order valence-corrected chi connectivity index (χ1v) is 8.09. The van der Waals surface area contributed by atoms with Crippen molar-refractivity contribution in [2.75, 3.05) is 6.61 Å². The average molecular weight is 296 g/mol. The molecule has 2 saturated carbocycles. The van der Waals surface area contributed by atoms with Crippen LogP contribution in [0.3, 0.4) is 0 Å². The van der Waals surface area contributed by atoms with E-state index in [9.17, 15) is 10.1 Å². The summed E-state index contributed by atoms with van der Waals surface area (Å²) in [6.45, 7) is 1.08. The molecule has 4 heteroatoms. The molecule has 0 saturated heterocycles. The Balaban J connectivity index is 1.55. The molecule has 1 heterocycles. The maximum absolute atomic E-state index is 12.8. The van der Waals surface area contributed by atoms with E-state index in [0.717, 1.165) is 43.2 Å². The van der Waals surface area contributed by atoms with Gasteiger partial charge < -0.3 is 10.1 Å². The molecule has 3 aliphatic rings. The molecule has 22 heavy (non-hydrogen) atoms. The van der Waals surface area contributed by atoms with Gasteiger partial charge in [-0.1, -0.05) is 37.1 Å². The first-order valence-electron chi connectivity index (χ1n) is 8.09. The Hall–Kier alpha value is -1.86. The van der Waals surface area contributed by atoms with Crippen LogP contribution in [0.5, 0.6) is 0 Å². The molecule has 4 rings (SSSR count). The van der Waals surface area contributed by atoms with Gasteiger partial charge in [0.15, 0.2) is 0 Å². The molecule has 1 amide bonds. The van der Waals surface area contributed by atoms with Crippen molar-refractivity contribution in [2.24, 2.45) is 10.8 Å². The molecule has 0 bridgehead atoms. The Morgan fingerprint density at radius 3 is 2.86 bits per heavy atom. The molecule has 0 radical (unpaired) electrons. The van der Waals surface area contributed by atoms with Crippen LogP contribution >= 0.6 is 0 Å². The maximum Gasteiger partial charge on any atom is 0.241 e. The summed E-state index contributed by atoms with van der Waals surface area (Å²) in [4.78, 5) is 12.8. The minimum Gasteiger partial charge on any atom is -0.374 e. The van der Waals surface area contributed by atoms with Crippen LogP contribution in [-0.4, -0.2) is 12.5 Å². The fourth-order valence-electron chi connectivity index (χ4n) is 4.43. The zero-order chi connectivity index (χ0) is 15.2. The topological polar surface area (TPSA) is 62.1 Å². The Labute approximate surface area is 130 Å². The number of nitrogens with one attached hydrogen (secondary N) is 1. The lowest BCUT2D eigenvalue weighted by Crippen LogP contribution is -2.40. The van der Waals surface area contributed by atoms with E-state index in [1.807, 2.05) is 24.3 Å². The van der Waals surface area contributed by atoms with Gasteiger partial charge in [0, 0.05) is 5.41 Å². The van der Waals surface area contributed by atoms with E-state index in [-0.39, 0.29) is 17.4 Å². The molecule has 114 valence electrons. The standard InChI is InChI=1S/C18H20N2O2/c19-12-18(11-17(18)7-3-4-8-17)16(21)20-15-10-22-9-13-5-1-2-6-14(13)15/h1-2,5-6,15H,3-4,7-11H2,(H,20,21)/t15-,18-/m1/s1. The summed E-state index contributed by atoms with van der Waals surface area (Å²) in [5.41, 5.74) is 1.41. The Morgan fingerprint density at radius 1 is 1.32 bits per heavy atom. The van der Waals surface area contributed by atoms with E-state index in [1.54, 1.807) is 0 Å². The SMILES string of the molecule is N#C[C@@]1(C(=O)N[C@@H]2COCc3ccccc32)CC12CCCC2. The number of rotatable bonds is 2. The zero-order valence-corrected chi connectivity index (χ0v) is 12.6. The second kappa shape index (κ2) is 4.82. The molecular formula is C18H20N2O2. The summed E-state index contributed by atoms with van der Waals surface area (Å²) in [5.74, 6) is -0.0952. The summed E-state index contributed by atoms with van der Waals surface area (Å²) in [6, 6.07) is 10.2. The van der Waals surface area contributed by atoms with Crippen molar-refractivity contribution in [3.63, 3.8) is 0 Å². The molecule has 1 aromatic rings. The van der Waals surface area contributed by atoms with E-state index in [0.29, 0.717) is 13.2 Å². The summed E-state index contributed by atoms with van der Waals surface area (Å²) in [5, 5.41) is 12.7. The van der Waals surface area contributed by atoms with Gasteiger partial charge in [-0.2, -0.15) is 5.26 Å². The van der Waals surface area contributed by atoms with Crippen molar-refractivity contribution in [3.05, 3.63) is 35.4 Å². The van der Waals surface area contributed by atoms with E-state index >= 15 is 0 Å². The van der Waals surface area contributed by atoms with Gasteiger partial charge in [-0.25, -0.2) is 0 Å². The number of carbonyl (C=O) groups excluding carboxylic acids is 1. The van der Waals surface area contributed by atoms with Gasteiger partial charge in [0.25, 0.3) is 0 Å². The number of hydrogen-bond donors (Lipinski definition) is 1. The van der Waals surface area contributed by atoms with Crippen LogP contribution in [0.25, 0.3) is 0 Å². The smallest absolute Gasteiger partial charge is 0.241 e. The van der Waals surface area contributed by atoms with Gasteiger partial charge in [0.2, 0.25) is 5.91 Å². The monoisotopic (exact) mass is 296 g/mol.